The van der Waals surface area contributed by atoms with Gasteiger partial charge in [-0.3, -0.25) is 0 Å². The van der Waals surface area contributed by atoms with Crippen molar-refractivity contribution in [1.82, 2.24) is 4.98 Å². The highest BCUT2D eigenvalue weighted by Gasteiger charge is 2.06. The lowest BCUT2D eigenvalue weighted by molar-refractivity contribution is 0.466. The van der Waals surface area contributed by atoms with Gasteiger partial charge in [-0.1, -0.05) is 30.3 Å². The lowest BCUT2D eigenvalue weighted by atomic mass is 10.1. The number of rotatable bonds is 2. The van der Waals surface area contributed by atoms with E-state index in [-0.39, 0.29) is 0 Å². The molecule has 1 aromatic heterocycles. The number of nitrogens with zero attached hydrogens (tertiary/aromatic N) is 2. The molecule has 0 bridgehead atoms. The van der Waals surface area contributed by atoms with Crippen LogP contribution in [-0.4, -0.2) is 4.98 Å². The summed E-state index contributed by atoms with van der Waals surface area (Å²) in [6, 6.07) is 17.3. The Morgan fingerprint density at radius 3 is 2.60 bits per heavy atom. The summed E-state index contributed by atoms with van der Waals surface area (Å²) in [7, 11) is 0. The van der Waals surface area contributed by atoms with Gasteiger partial charge in [0.05, 0.1) is 11.3 Å². The number of benzene rings is 2. The second kappa shape index (κ2) is 4.90. The van der Waals surface area contributed by atoms with Gasteiger partial charge >= 0.3 is 0 Å². The van der Waals surface area contributed by atoms with Crippen LogP contribution in [0.15, 0.2) is 54.7 Å². The number of nitrogens with two attached hydrogens (primary N) is 1. The van der Waals surface area contributed by atoms with Crippen LogP contribution in [0, 0.1) is 11.3 Å². The van der Waals surface area contributed by atoms with E-state index in [1.54, 1.807) is 6.07 Å². The first kappa shape index (κ1) is 12.0. The molecule has 0 saturated carbocycles. The van der Waals surface area contributed by atoms with E-state index in [2.05, 4.69) is 4.98 Å². The molecule has 0 amide bonds. The van der Waals surface area contributed by atoms with Gasteiger partial charge in [0.1, 0.15) is 11.8 Å². The van der Waals surface area contributed by atoms with E-state index in [0.29, 0.717) is 22.9 Å². The molecule has 3 aromatic rings. The van der Waals surface area contributed by atoms with Crippen LogP contribution in [0.2, 0.25) is 0 Å². The molecule has 4 heteroatoms. The number of pyridine rings is 1. The number of aromatic nitrogens is 1. The van der Waals surface area contributed by atoms with E-state index >= 15 is 0 Å². The molecular weight excluding hydrogens is 250 g/mol. The van der Waals surface area contributed by atoms with Crippen LogP contribution in [-0.2, 0) is 0 Å². The molecule has 0 unspecified atom stereocenters. The van der Waals surface area contributed by atoms with E-state index in [4.69, 9.17) is 15.7 Å². The number of anilines is 1. The van der Waals surface area contributed by atoms with Crippen LogP contribution in [0.25, 0.3) is 10.8 Å². The first-order valence-corrected chi connectivity index (χ1v) is 6.08. The van der Waals surface area contributed by atoms with E-state index in [9.17, 15) is 0 Å². The van der Waals surface area contributed by atoms with Crippen molar-refractivity contribution >= 4 is 16.5 Å². The third kappa shape index (κ3) is 2.25. The molecule has 0 spiro atoms. The van der Waals surface area contributed by atoms with Crippen molar-refractivity contribution in [2.24, 2.45) is 0 Å². The Kier molecular flexibility index (Phi) is 2.94. The van der Waals surface area contributed by atoms with E-state index in [0.717, 1.165) is 10.8 Å². The summed E-state index contributed by atoms with van der Waals surface area (Å²) >= 11 is 0. The zero-order chi connectivity index (χ0) is 13.9. The van der Waals surface area contributed by atoms with Gasteiger partial charge in [-0.25, -0.2) is 4.98 Å². The van der Waals surface area contributed by atoms with Crippen molar-refractivity contribution in [3.05, 3.63) is 60.3 Å². The molecule has 3 rings (SSSR count). The summed E-state index contributed by atoms with van der Waals surface area (Å²) in [5.74, 6) is 0.965. The zero-order valence-electron chi connectivity index (χ0n) is 10.6. The molecule has 0 aliphatic rings. The van der Waals surface area contributed by atoms with Crippen LogP contribution < -0.4 is 10.5 Å². The summed E-state index contributed by atoms with van der Waals surface area (Å²) in [6.45, 7) is 0. The summed E-state index contributed by atoms with van der Waals surface area (Å²) in [5.41, 5.74) is 6.57. The molecule has 0 radical (unpaired) electrons. The smallest absolute Gasteiger partial charge is 0.242 e. The number of hydrogen-bond acceptors (Lipinski definition) is 4. The van der Waals surface area contributed by atoms with Crippen LogP contribution >= 0.6 is 0 Å². The standard InChI is InChI=1S/C16H11N3O/c17-9-11-7-15(18)16(19-10-11)20-14-6-5-12-3-1-2-4-13(12)8-14/h1-8,10H,18H2. The number of hydrogen-bond donors (Lipinski definition) is 1. The molecule has 0 aliphatic heterocycles. The topological polar surface area (TPSA) is 71.9 Å². The lowest BCUT2D eigenvalue weighted by Crippen LogP contribution is -1.96. The van der Waals surface area contributed by atoms with Gasteiger partial charge in [0.25, 0.3) is 0 Å². The van der Waals surface area contributed by atoms with Crippen molar-refractivity contribution in [2.45, 2.75) is 0 Å². The number of nitrogen functional groups attached to an aromatic ring is 1. The molecule has 0 saturated heterocycles. The molecular formula is C16H11N3O. The van der Waals surface area contributed by atoms with Crippen molar-refractivity contribution in [1.29, 1.82) is 5.26 Å². The molecule has 96 valence electrons. The second-order valence-corrected chi connectivity index (χ2v) is 4.34. The predicted molar refractivity (Wildman–Crippen MR) is 77.4 cm³/mol. The van der Waals surface area contributed by atoms with Gasteiger partial charge in [0.2, 0.25) is 5.88 Å². The number of ether oxygens (including phenoxy) is 1. The van der Waals surface area contributed by atoms with Crippen LogP contribution in [0.4, 0.5) is 5.69 Å². The van der Waals surface area contributed by atoms with Gasteiger partial charge in [-0.15, -0.1) is 0 Å². The summed E-state index contributed by atoms with van der Waals surface area (Å²) in [4.78, 5) is 4.05. The fraction of sp³-hybridized carbons (Fsp3) is 0. The molecule has 20 heavy (non-hydrogen) atoms. The fourth-order valence-corrected chi connectivity index (χ4v) is 1.96. The Labute approximate surface area is 116 Å². The van der Waals surface area contributed by atoms with E-state index < -0.39 is 0 Å². The highest BCUT2D eigenvalue weighted by molar-refractivity contribution is 5.83. The average molecular weight is 261 g/mol. The molecule has 1 heterocycles. The minimum atomic E-state index is 0.305. The highest BCUT2D eigenvalue weighted by Crippen LogP contribution is 2.28. The Morgan fingerprint density at radius 2 is 1.85 bits per heavy atom. The fourth-order valence-electron chi connectivity index (χ4n) is 1.96. The van der Waals surface area contributed by atoms with Crippen LogP contribution in [0.3, 0.4) is 0 Å². The molecule has 0 aliphatic carbocycles. The molecule has 2 aromatic carbocycles. The highest BCUT2D eigenvalue weighted by atomic mass is 16.5. The predicted octanol–water partition coefficient (Wildman–Crippen LogP) is 3.48. The maximum absolute atomic E-state index is 8.77. The molecule has 0 fully saturated rings. The largest absolute Gasteiger partial charge is 0.437 e. The van der Waals surface area contributed by atoms with Gasteiger partial charge in [0.15, 0.2) is 0 Å². The zero-order valence-corrected chi connectivity index (χ0v) is 10.6. The first-order chi connectivity index (χ1) is 9.76. The van der Waals surface area contributed by atoms with E-state index in [1.807, 2.05) is 48.5 Å². The Hall–Kier alpha value is -3.06. The Bertz CT molecular complexity index is 821. The van der Waals surface area contributed by atoms with E-state index in [1.165, 1.54) is 6.20 Å². The third-order valence-electron chi connectivity index (χ3n) is 2.94. The second-order valence-electron chi connectivity index (χ2n) is 4.34. The molecule has 4 nitrogen and oxygen atoms in total. The SMILES string of the molecule is N#Cc1cnc(Oc2ccc3ccccc3c2)c(N)c1. The Morgan fingerprint density at radius 1 is 1.05 bits per heavy atom. The molecule has 0 atom stereocenters. The normalized spacial score (nSPS) is 10.2. The van der Waals surface area contributed by atoms with Crippen LogP contribution in [0.5, 0.6) is 11.6 Å². The third-order valence-corrected chi connectivity index (χ3v) is 2.94. The quantitative estimate of drug-likeness (QED) is 0.766. The van der Waals surface area contributed by atoms with Crippen molar-refractivity contribution in [2.75, 3.05) is 5.73 Å². The summed E-state index contributed by atoms with van der Waals surface area (Å²) < 4.78 is 5.67. The maximum Gasteiger partial charge on any atom is 0.242 e. The molecule has 2 N–H and O–H groups in total. The van der Waals surface area contributed by atoms with Crippen LogP contribution in [0.1, 0.15) is 5.56 Å². The summed E-state index contributed by atoms with van der Waals surface area (Å²) in [5, 5.41) is 11.0. The number of fused-ring (bicyclic) bond motifs is 1. The minimum absolute atomic E-state index is 0.305. The number of nitriles is 1. The monoisotopic (exact) mass is 261 g/mol. The minimum Gasteiger partial charge on any atom is -0.437 e. The van der Waals surface area contributed by atoms with Gasteiger partial charge in [-0.05, 0) is 29.0 Å². The van der Waals surface area contributed by atoms with Gasteiger partial charge in [0, 0.05) is 6.20 Å². The average Bonchev–Trinajstić information content (AvgIpc) is 2.49. The van der Waals surface area contributed by atoms with Crippen molar-refractivity contribution in [3.63, 3.8) is 0 Å². The van der Waals surface area contributed by atoms with Crippen molar-refractivity contribution < 1.29 is 4.74 Å². The summed E-state index contributed by atoms with van der Waals surface area (Å²) in [6.07, 6.45) is 1.44. The van der Waals surface area contributed by atoms with Gasteiger partial charge < -0.3 is 10.5 Å². The maximum atomic E-state index is 8.77. The lowest BCUT2D eigenvalue weighted by Gasteiger charge is -2.08. The van der Waals surface area contributed by atoms with Gasteiger partial charge in [-0.2, -0.15) is 5.26 Å². The Balaban J connectivity index is 1.95. The first-order valence-electron chi connectivity index (χ1n) is 6.08. The van der Waals surface area contributed by atoms with Crippen molar-refractivity contribution in [3.8, 4) is 17.7 Å².